The van der Waals surface area contributed by atoms with Crippen molar-refractivity contribution >= 4 is 42.8 Å². The third-order valence-electron chi connectivity index (χ3n) is 9.06. The van der Waals surface area contributed by atoms with E-state index in [-0.39, 0.29) is 53.4 Å². The van der Waals surface area contributed by atoms with E-state index in [1.54, 1.807) is 48.5 Å². The zero-order chi connectivity index (χ0) is 32.9. The maximum atomic E-state index is 13.2. The number of aliphatic imine (C=N–C) groups is 2. The number of aryl methyl sites for hydroxylation is 1. The summed E-state index contributed by atoms with van der Waals surface area (Å²) >= 11 is 0. The Morgan fingerprint density at radius 3 is 2.30 bits per heavy atom. The smallest absolute Gasteiger partial charge is 0.123 e. The molecule has 250 valence electrons. The molecule has 2 aromatic rings. The number of sulfonamides is 2. The molecule has 12 heteroatoms. The largest absolute Gasteiger partial charge is 0.672 e. The molecule has 5 rings (SSSR count). The summed E-state index contributed by atoms with van der Waals surface area (Å²) in [7, 11) is -7.46. The summed E-state index contributed by atoms with van der Waals surface area (Å²) in [5, 5.41) is 4.52. The fourth-order valence-electron chi connectivity index (χ4n) is 6.20. The van der Waals surface area contributed by atoms with Gasteiger partial charge in [-0.05, 0) is 77.0 Å². The summed E-state index contributed by atoms with van der Waals surface area (Å²) in [6.45, 7) is 7.84. The molecule has 0 saturated heterocycles. The molecule has 2 aliphatic carbocycles. The molecule has 2 saturated carbocycles. The molecule has 0 bridgehead atoms. The maximum absolute atomic E-state index is 13.2. The van der Waals surface area contributed by atoms with Crippen LogP contribution in [0.25, 0.3) is 14.8 Å². The third-order valence-corrected chi connectivity index (χ3v) is 12.2. The molecule has 2 fully saturated rings. The Hall–Kier alpha value is -2.66. The Morgan fingerprint density at radius 2 is 1.57 bits per heavy atom. The second-order valence-electron chi connectivity index (χ2n) is 12.8. The monoisotopic (exact) mass is 726 g/mol. The van der Waals surface area contributed by atoms with E-state index >= 15 is 0 Å². The second kappa shape index (κ2) is 16.2. The van der Waals surface area contributed by atoms with Gasteiger partial charge >= 0.3 is 0 Å². The van der Waals surface area contributed by atoms with Crippen molar-refractivity contribution in [1.82, 2.24) is 0 Å². The summed E-state index contributed by atoms with van der Waals surface area (Å²) < 4.78 is 61.1. The minimum Gasteiger partial charge on any atom is -0.672 e. The van der Waals surface area contributed by atoms with Gasteiger partial charge in [-0.2, -0.15) is 0 Å². The van der Waals surface area contributed by atoms with Gasteiger partial charge in [0, 0.05) is 47.9 Å². The maximum Gasteiger partial charge on any atom is 0.123 e. The minimum absolute atomic E-state index is 0. The fourth-order valence-corrected chi connectivity index (χ4v) is 8.86. The first-order valence-electron chi connectivity index (χ1n) is 16.2. The minimum atomic E-state index is -3.92. The quantitative estimate of drug-likeness (QED) is 0.179. The molecule has 3 atom stereocenters. The summed E-state index contributed by atoms with van der Waals surface area (Å²) in [5.41, 5.74) is 3.75. The van der Waals surface area contributed by atoms with E-state index in [1.807, 2.05) is 39.0 Å². The average Bonchev–Trinajstić information content (AvgIpc) is 3.03. The van der Waals surface area contributed by atoms with Crippen LogP contribution in [-0.4, -0.2) is 51.6 Å². The van der Waals surface area contributed by atoms with Crippen molar-refractivity contribution < 1.29 is 36.3 Å². The van der Waals surface area contributed by atoms with Crippen LogP contribution < -0.4 is 0 Å². The van der Waals surface area contributed by atoms with Crippen molar-refractivity contribution in [2.24, 2.45) is 15.9 Å². The van der Waals surface area contributed by atoms with Crippen molar-refractivity contribution in [3.8, 4) is 0 Å². The van der Waals surface area contributed by atoms with Crippen molar-refractivity contribution in [2.75, 3.05) is 0 Å². The van der Waals surface area contributed by atoms with E-state index in [4.69, 9.17) is 15.3 Å². The molecule has 0 spiro atoms. The van der Waals surface area contributed by atoms with Gasteiger partial charge in [0.2, 0.25) is 0 Å². The van der Waals surface area contributed by atoms with Crippen LogP contribution in [0.5, 0.6) is 0 Å². The van der Waals surface area contributed by atoms with Gasteiger partial charge < -0.3 is 14.8 Å². The first-order valence-corrected chi connectivity index (χ1v) is 19.1. The molecule has 3 aliphatic rings. The molecule has 0 aromatic heterocycles. The van der Waals surface area contributed by atoms with Gasteiger partial charge in [0.25, 0.3) is 0 Å². The first-order chi connectivity index (χ1) is 21.9. The molecular formula is C35H44N5O4S2Zn-3. The normalized spacial score (nSPS) is 25.7. The summed E-state index contributed by atoms with van der Waals surface area (Å²) in [6, 6.07) is 12.5. The molecule has 0 N–H and O–H groups in total. The first kappa shape index (κ1) is 37.2. The summed E-state index contributed by atoms with van der Waals surface area (Å²) in [5.74, 6) is 0.574. The molecule has 0 radical (unpaired) electrons. The van der Waals surface area contributed by atoms with Gasteiger partial charge in [-0.25, -0.2) is 16.8 Å². The third kappa shape index (κ3) is 9.71. The van der Waals surface area contributed by atoms with Crippen LogP contribution in [0, 0.1) is 12.8 Å². The van der Waals surface area contributed by atoms with Crippen LogP contribution in [-0.2, 0) is 39.5 Å². The zero-order valence-corrected chi connectivity index (χ0v) is 32.4. The van der Waals surface area contributed by atoms with E-state index in [0.29, 0.717) is 35.9 Å². The fraction of sp³-hybridized carbons (Fsp3) is 0.486. The van der Waals surface area contributed by atoms with Gasteiger partial charge in [0.1, 0.15) is 10.0 Å². The van der Waals surface area contributed by atoms with Crippen LogP contribution >= 0.6 is 0 Å². The van der Waals surface area contributed by atoms with Crippen LogP contribution in [0.15, 0.2) is 87.3 Å². The molecule has 3 unspecified atom stereocenters. The number of allylic oxidation sites excluding steroid dienone is 3. The van der Waals surface area contributed by atoms with Crippen LogP contribution in [0.3, 0.4) is 0 Å². The van der Waals surface area contributed by atoms with E-state index in [9.17, 15) is 16.8 Å². The number of para-hydroxylation sites is 1. The van der Waals surface area contributed by atoms with Crippen LogP contribution in [0.4, 0.5) is 11.4 Å². The van der Waals surface area contributed by atoms with Crippen molar-refractivity contribution in [3.63, 3.8) is 0 Å². The van der Waals surface area contributed by atoms with E-state index in [0.717, 1.165) is 49.8 Å². The average molecular weight is 728 g/mol. The van der Waals surface area contributed by atoms with E-state index < -0.39 is 20.0 Å². The van der Waals surface area contributed by atoms with Gasteiger partial charge in [0.15, 0.2) is 0 Å². The van der Waals surface area contributed by atoms with Gasteiger partial charge in [-0.15, -0.1) is 17.4 Å². The Bertz CT molecular complexity index is 1730. The molecule has 47 heavy (non-hydrogen) atoms. The Kier molecular flexibility index (Phi) is 12.8. The molecule has 1 heterocycles. The van der Waals surface area contributed by atoms with Gasteiger partial charge in [-0.1, -0.05) is 86.4 Å². The number of hydrogen-bond donors (Lipinski definition) is 0. The predicted octanol–water partition coefficient (Wildman–Crippen LogP) is 8.73. The Morgan fingerprint density at radius 1 is 0.894 bits per heavy atom. The number of benzene rings is 2. The zero-order valence-electron chi connectivity index (χ0n) is 27.8. The predicted molar refractivity (Wildman–Crippen MR) is 188 cm³/mol. The standard InChI is InChI=1S/C35H44N5O4S2.Zn/c1-24-16-20-28(21-17-24)45(41,42)39-34-12-7-5-10-32(34)36-26(3)30-14-9-15-31(38-30)27(4)37-33-11-6-8-13-35(33)40-46(43,44)29-22-18-25(2)19-23-29;/h5,7,9-10,12,14-17,20-21,25,29-30,33,35H,6,8,11,13,18-19,22-23H2,1-4H3;/q-3;. The topological polar surface area (TPSA) is 135 Å². The SMILES string of the molecule is CC(=NC1CCCCC1[N-]S(=O)(=O)C1CCC(C)CC1)C1=CC=CC(C(C)=Nc2ccccc2[N-]S(=O)(=O)c2ccc(C)cc2)[N-]1.[Zn]. The molecule has 9 nitrogen and oxygen atoms in total. The van der Waals surface area contributed by atoms with Crippen LogP contribution in [0.1, 0.15) is 77.7 Å². The van der Waals surface area contributed by atoms with Crippen LogP contribution in [0.2, 0.25) is 0 Å². The summed E-state index contributed by atoms with van der Waals surface area (Å²) in [6.07, 6.45) is 12.4. The van der Waals surface area contributed by atoms with Gasteiger partial charge in [-0.3, -0.25) is 9.98 Å². The number of rotatable bonds is 10. The molecule has 0 amide bonds. The number of nitrogens with zero attached hydrogens (tertiary/aromatic N) is 5. The van der Waals surface area contributed by atoms with Gasteiger partial charge in [0.05, 0.1) is 14.9 Å². The molecule has 1 aliphatic heterocycles. The van der Waals surface area contributed by atoms with Crippen molar-refractivity contribution in [1.29, 1.82) is 0 Å². The van der Waals surface area contributed by atoms with E-state index in [2.05, 4.69) is 16.4 Å². The Labute approximate surface area is 293 Å². The molecule has 2 aromatic carbocycles. The summed E-state index contributed by atoms with van der Waals surface area (Å²) in [4.78, 5) is 9.86. The Balaban J connectivity index is 0.00000500. The number of hydrogen-bond acceptors (Lipinski definition) is 6. The second-order valence-corrected chi connectivity index (χ2v) is 16.3. The molecular weight excluding hydrogens is 684 g/mol. The van der Waals surface area contributed by atoms with Crippen molar-refractivity contribution in [3.05, 3.63) is 92.8 Å². The van der Waals surface area contributed by atoms with E-state index in [1.165, 1.54) is 0 Å². The van der Waals surface area contributed by atoms with Crippen molar-refractivity contribution in [2.45, 2.75) is 107 Å².